The van der Waals surface area contributed by atoms with Gasteiger partial charge in [-0.25, -0.2) is 0 Å². The van der Waals surface area contributed by atoms with Gasteiger partial charge in [0.2, 0.25) is 0 Å². The number of tetrazole rings is 1. The van der Waals surface area contributed by atoms with Crippen molar-refractivity contribution in [1.29, 1.82) is 0 Å². The molecule has 0 saturated heterocycles. The molecule has 3 rings (SSSR count). The van der Waals surface area contributed by atoms with Crippen LogP contribution in [0.2, 0.25) is 0 Å². The molecule has 0 unspecified atom stereocenters. The lowest BCUT2D eigenvalue weighted by atomic mass is 9.95. The number of aryl methyl sites for hydroxylation is 1. The third-order valence-electron chi connectivity index (χ3n) is 4.45. The van der Waals surface area contributed by atoms with E-state index < -0.39 is 0 Å². The smallest absolute Gasteiger partial charge is 0.176 e. The van der Waals surface area contributed by atoms with Crippen molar-refractivity contribution in [3.05, 3.63) is 35.7 Å². The van der Waals surface area contributed by atoms with Gasteiger partial charge in [-0.3, -0.25) is 4.90 Å². The van der Waals surface area contributed by atoms with E-state index in [-0.39, 0.29) is 5.54 Å². The molecule has 1 aromatic heterocycles. The average Bonchev–Trinajstić information content (AvgIpc) is 3.09. The summed E-state index contributed by atoms with van der Waals surface area (Å²) in [6, 6.07) is 8.34. The van der Waals surface area contributed by atoms with E-state index in [2.05, 4.69) is 65.7 Å². The zero-order valence-electron chi connectivity index (χ0n) is 12.4. The number of hydrogen-bond donors (Lipinski definition) is 0. The van der Waals surface area contributed by atoms with Gasteiger partial charge < -0.3 is 0 Å². The third kappa shape index (κ3) is 2.02. The number of hydrogen-bond acceptors (Lipinski definition) is 4. The zero-order valence-corrected chi connectivity index (χ0v) is 12.4. The minimum absolute atomic E-state index is 0.0333. The zero-order chi connectivity index (χ0) is 14.2. The van der Waals surface area contributed by atoms with Crippen LogP contribution in [0.4, 0.5) is 0 Å². The molecule has 1 heterocycles. The lowest BCUT2D eigenvalue weighted by Crippen LogP contribution is -2.41. The molecule has 0 spiro atoms. The molecule has 0 radical (unpaired) electrons. The lowest BCUT2D eigenvalue weighted by Gasteiger charge is -2.34. The predicted molar refractivity (Wildman–Crippen MR) is 77.7 cm³/mol. The lowest BCUT2D eigenvalue weighted by molar-refractivity contribution is 0.143. The van der Waals surface area contributed by atoms with Gasteiger partial charge in [0, 0.05) is 0 Å². The van der Waals surface area contributed by atoms with E-state index in [0.717, 1.165) is 24.4 Å². The molecule has 5 nitrogen and oxygen atoms in total. The third-order valence-corrected chi connectivity index (χ3v) is 4.45. The van der Waals surface area contributed by atoms with Gasteiger partial charge in [0.1, 0.15) is 0 Å². The van der Waals surface area contributed by atoms with Crippen LogP contribution in [0, 0.1) is 6.92 Å². The highest BCUT2D eigenvalue weighted by atomic mass is 15.6. The van der Waals surface area contributed by atoms with Gasteiger partial charge in [-0.05, 0) is 56.4 Å². The number of nitrogens with zero attached hydrogens (tertiary/aromatic N) is 5. The summed E-state index contributed by atoms with van der Waals surface area (Å²) in [4.78, 5) is 2.27. The molecule has 1 aliphatic rings. The Morgan fingerprint density at radius 1 is 1.10 bits per heavy atom. The van der Waals surface area contributed by atoms with Crippen LogP contribution in [0.5, 0.6) is 0 Å². The van der Waals surface area contributed by atoms with Crippen LogP contribution in [0.1, 0.15) is 37.1 Å². The van der Waals surface area contributed by atoms with E-state index in [9.17, 15) is 0 Å². The summed E-state index contributed by atoms with van der Waals surface area (Å²) in [5.41, 5.74) is 2.24. The Hall–Kier alpha value is -1.75. The second-order valence-electron chi connectivity index (χ2n) is 5.88. The molecule has 5 heteroatoms. The summed E-state index contributed by atoms with van der Waals surface area (Å²) in [5, 5.41) is 12.5. The van der Waals surface area contributed by atoms with E-state index in [1.54, 1.807) is 0 Å². The monoisotopic (exact) mass is 271 g/mol. The number of rotatable bonds is 3. The number of aromatic nitrogens is 4. The normalized spacial score (nSPS) is 17.8. The van der Waals surface area contributed by atoms with Crippen molar-refractivity contribution in [3.8, 4) is 5.69 Å². The fourth-order valence-electron chi connectivity index (χ4n) is 3.17. The first-order valence-electron chi connectivity index (χ1n) is 7.17. The van der Waals surface area contributed by atoms with Crippen molar-refractivity contribution in [1.82, 2.24) is 25.1 Å². The molecule has 106 valence electrons. The summed E-state index contributed by atoms with van der Waals surface area (Å²) < 4.78 is 1.89. The van der Waals surface area contributed by atoms with Crippen LogP contribution >= 0.6 is 0 Å². The van der Waals surface area contributed by atoms with Crippen LogP contribution in [0.15, 0.2) is 24.3 Å². The van der Waals surface area contributed by atoms with Gasteiger partial charge in [-0.2, -0.15) is 4.68 Å². The first-order valence-corrected chi connectivity index (χ1v) is 7.17. The molecule has 2 aromatic rings. The van der Waals surface area contributed by atoms with Crippen LogP contribution in [-0.4, -0.2) is 39.2 Å². The Morgan fingerprint density at radius 2 is 1.75 bits per heavy atom. The Balaban J connectivity index is 2.07. The van der Waals surface area contributed by atoms with Crippen molar-refractivity contribution >= 4 is 0 Å². The van der Waals surface area contributed by atoms with Crippen molar-refractivity contribution in [3.63, 3.8) is 0 Å². The molecular weight excluding hydrogens is 250 g/mol. The largest absolute Gasteiger partial charge is 0.297 e. The second kappa shape index (κ2) is 4.98. The summed E-state index contributed by atoms with van der Waals surface area (Å²) in [5.74, 6) is 0.962. The van der Waals surface area contributed by atoms with Gasteiger partial charge in [0.25, 0.3) is 0 Å². The fourth-order valence-corrected chi connectivity index (χ4v) is 3.17. The summed E-state index contributed by atoms with van der Waals surface area (Å²) in [6.07, 6.45) is 4.70. The quantitative estimate of drug-likeness (QED) is 0.859. The van der Waals surface area contributed by atoms with Gasteiger partial charge >= 0.3 is 0 Å². The molecule has 0 atom stereocenters. The first-order chi connectivity index (χ1) is 9.63. The minimum atomic E-state index is -0.0333. The molecular formula is C15H21N5. The highest BCUT2D eigenvalue weighted by Gasteiger charge is 2.42. The predicted octanol–water partition coefficient (Wildman–Crippen LogP) is 2.30. The van der Waals surface area contributed by atoms with Crippen molar-refractivity contribution in [2.75, 3.05) is 14.1 Å². The fraction of sp³-hybridized carbons (Fsp3) is 0.533. The molecule has 1 fully saturated rings. The molecule has 1 aliphatic carbocycles. The highest BCUT2D eigenvalue weighted by Crippen LogP contribution is 2.41. The Bertz CT molecular complexity index is 579. The van der Waals surface area contributed by atoms with Gasteiger partial charge in [-0.1, -0.05) is 30.5 Å². The van der Waals surface area contributed by atoms with E-state index in [0.29, 0.717) is 0 Å². The summed E-state index contributed by atoms with van der Waals surface area (Å²) in [7, 11) is 4.25. The molecule has 0 bridgehead atoms. The molecule has 20 heavy (non-hydrogen) atoms. The van der Waals surface area contributed by atoms with Crippen LogP contribution in [0.25, 0.3) is 5.69 Å². The standard InChI is InChI=1S/C15H21N5/c1-12-6-8-13(9-7-12)20-14(16-17-18-20)15(19(2)3)10-4-5-11-15/h6-9H,4-5,10-11H2,1-3H3. The molecule has 1 aromatic carbocycles. The number of benzene rings is 1. The van der Waals surface area contributed by atoms with Gasteiger partial charge in [-0.15, -0.1) is 5.10 Å². The van der Waals surface area contributed by atoms with E-state index in [4.69, 9.17) is 0 Å². The Labute approximate surface area is 119 Å². The van der Waals surface area contributed by atoms with Crippen molar-refractivity contribution < 1.29 is 0 Å². The maximum absolute atomic E-state index is 4.35. The van der Waals surface area contributed by atoms with Crippen LogP contribution in [-0.2, 0) is 5.54 Å². The maximum atomic E-state index is 4.35. The maximum Gasteiger partial charge on any atom is 0.176 e. The van der Waals surface area contributed by atoms with Gasteiger partial charge in [0.05, 0.1) is 11.2 Å². The van der Waals surface area contributed by atoms with E-state index in [1.807, 2.05) is 4.68 Å². The topological polar surface area (TPSA) is 46.8 Å². The summed E-state index contributed by atoms with van der Waals surface area (Å²) in [6.45, 7) is 2.09. The van der Waals surface area contributed by atoms with Crippen LogP contribution < -0.4 is 0 Å². The average molecular weight is 271 g/mol. The first kappa shape index (κ1) is 13.2. The van der Waals surface area contributed by atoms with Crippen molar-refractivity contribution in [2.45, 2.75) is 38.1 Å². The Morgan fingerprint density at radius 3 is 2.35 bits per heavy atom. The second-order valence-corrected chi connectivity index (χ2v) is 5.88. The molecule has 0 amide bonds. The molecule has 0 aliphatic heterocycles. The summed E-state index contributed by atoms with van der Waals surface area (Å²) >= 11 is 0. The molecule has 0 N–H and O–H groups in total. The minimum Gasteiger partial charge on any atom is -0.297 e. The van der Waals surface area contributed by atoms with E-state index >= 15 is 0 Å². The van der Waals surface area contributed by atoms with Gasteiger partial charge in [0.15, 0.2) is 5.82 Å². The SMILES string of the molecule is Cc1ccc(-n2nnnc2C2(N(C)C)CCCC2)cc1. The highest BCUT2D eigenvalue weighted by molar-refractivity contribution is 5.35. The van der Waals surface area contributed by atoms with Crippen LogP contribution in [0.3, 0.4) is 0 Å². The van der Waals surface area contributed by atoms with E-state index in [1.165, 1.54) is 18.4 Å². The molecule has 1 saturated carbocycles. The Kier molecular flexibility index (Phi) is 3.30. The van der Waals surface area contributed by atoms with Crippen molar-refractivity contribution in [2.24, 2.45) is 0 Å².